The van der Waals surface area contributed by atoms with Crippen molar-refractivity contribution >= 4 is 23.7 Å². The highest BCUT2D eigenvalue weighted by molar-refractivity contribution is 6.30. The van der Waals surface area contributed by atoms with Crippen LogP contribution in [0.25, 0.3) is 11.3 Å². The quantitative estimate of drug-likeness (QED) is 0.316. The fraction of sp³-hybridized carbons (Fsp3) is 0.0400. The van der Waals surface area contributed by atoms with E-state index >= 15 is 0 Å². The summed E-state index contributed by atoms with van der Waals surface area (Å²) in [6.45, 7) is 0. The van der Waals surface area contributed by atoms with Gasteiger partial charge in [0.15, 0.2) is 0 Å². The zero-order valence-electron chi connectivity index (χ0n) is 16.0. The second-order valence-electron chi connectivity index (χ2n) is 6.70. The lowest BCUT2D eigenvalue weighted by atomic mass is 9.91. The molecule has 0 unspecified atom stereocenters. The van der Waals surface area contributed by atoms with Gasteiger partial charge in [-0.3, -0.25) is 4.79 Å². The first kappa shape index (κ1) is 19.7. The summed E-state index contributed by atoms with van der Waals surface area (Å²) >= 11 is 5.92. The summed E-state index contributed by atoms with van der Waals surface area (Å²) in [5.41, 5.74) is 5.36. The van der Waals surface area contributed by atoms with Crippen LogP contribution in [-0.4, -0.2) is 12.1 Å². The fourth-order valence-electron chi connectivity index (χ4n) is 3.20. The minimum absolute atomic E-state index is 0.215. The standard InChI is InChI=1S/C25H19ClN2O2/c26-21-13-11-18(12-14-21)23-16-15-22(30-23)17-27-28-25(29)24(19-7-3-1-4-8-19)20-9-5-2-6-10-20/h1-17,24H,(H,28,29)/b27-17-. The lowest BCUT2D eigenvalue weighted by molar-refractivity contribution is -0.121. The van der Waals surface area contributed by atoms with Crippen molar-refractivity contribution in [2.75, 3.05) is 0 Å². The van der Waals surface area contributed by atoms with Gasteiger partial charge in [0, 0.05) is 10.6 Å². The van der Waals surface area contributed by atoms with Crippen molar-refractivity contribution in [3.8, 4) is 11.3 Å². The van der Waals surface area contributed by atoms with Gasteiger partial charge in [-0.25, -0.2) is 5.43 Å². The van der Waals surface area contributed by atoms with Gasteiger partial charge < -0.3 is 4.42 Å². The number of benzene rings is 3. The molecular weight excluding hydrogens is 396 g/mol. The van der Waals surface area contributed by atoms with E-state index in [0.717, 1.165) is 16.7 Å². The van der Waals surface area contributed by atoms with Crippen molar-refractivity contribution in [3.05, 3.63) is 119 Å². The molecule has 148 valence electrons. The van der Waals surface area contributed by atoms with Gasteiger partial charge in [-0.05, 0) is 47.5 Å². The number of hydrazone groups is 1. The van der Waals surface area contributed by atoms with Crippen LogP contribution in [0.1, 0.15) is 22.8 Å². The van der Waals surface area contributed by atoms with E-state index < -0.39 is 5.92 Å². The van der Waals surface area contributed by atoms with Crippen LogP contribution < -0.4 is 5.43 Å². The average Bonchev–Trinajstić information content (AvgIpc) is 3.25. The topological polar surface area (TPSA) is 54.6 Å². The van der Waals surface area contributed by atoms with Gasteiger partial charge in [-0.15, -0.1) is 0 Å². The van der Waals surface area contributed by atoms with E-state index in [0.29, 0.717) is 16.5 Å². The minimum Gasteiger partial charge on any atom is -0.455 e. The predicted octanol–water partition coefficient (Wildman–Crippen LogP) is 5.88. The molecular formula is C25H19ClN2O2. The third kappa shape index (κ3) is 4.67. The molecule has 1 heterocycles. The molecule has 1 N–H and O–H groups in total. The molecule has 5 heteroatoms. The Morgan fingerprint density at radius 1 is 0.833 bits per heavy atom. The van der Waals surface area contributed by atoms with Crippen LogP contribution in [0.3, 0.4) is 0 Å². The fourth-order valence-corrected chi connectivity index (χ4v) is 3.33. The maximum atomic E-state index is 12.9. The van der Waals surface area contributed by atoms with Gasteiger partial charge in [0.1, 0.15) is 11.5 Å². The Morgan fingerprint density at radius 3 is 2.03 bits per heavy atom. The SMILES string of the molecule is O=C(N/N=C\c1ccc(-c2ccc(Cl)cc2)o1)C(c1ccccc1)c1ccccc1. The van der Waals surface area contributed by atoms with Crippen molar-refractivity contribution in [1.82, 2.24) is 5.43 Å². The van der Waals surface area contributed by atoms with E-state index in [9.17, 15) is 4.79 Å². The van der Waals surface area contributed by atoms with E-state index in [1.54, 1.807) is 18.2 Å². The maximum absolute atomic E-state index is 12.9. The molecule has 1 amide bonds. The summed E-state index contributed by atoms with van der Waals surface area (Å²) in [5, 5.41) is 4.76. The molecule has 4 aromatic rings. The Morgan fingerprint density at radius 2 is 1.43 bits per heavy atom. The molecule has 0 fully saturated rings. The molecule has 3 aromatic carbocycles. The number of furan rings is 1. The molecule has 4 rings (SSSR count). The number of amides is 1. The molecule has 0 saturated heterocycles. The number of carbonyl (C=O) groups excluding carboxylic acids is 1. The van der Waals surface area contributed by atoms with Crippen molar-refractivity contribution in [3.63, 3.8) is 0 Å². The van der Waals surface area contributed by atoms with E-state index in [2.05, 4.69) is 10.5 Å². The number of carbonyl (C=O) groups is 1. The van der Waals surface area contributed by atoms with Gasteiger partial charge >= 0.3 is 0 Å². The van der Waals surface area contributed by atoms with Gasteiger partial charge in [-0.1, -0.05) is 72.3 Å². The highest BCUT2D eigenvalue weighted by atomic mass is 35.5. The summed E-state index contributed by atoms with van der Waals surface area (Å²) in [6.07, 6.45) is 1.49. The van der Waals surface area contributed by atoms with Gasteiger partial charge in [0.25, 0.3) is 5.91 Å². The zero-order valence-corrected chi connectivity index (χ0v) is 16.8. The summed E-state index contributed by atoms with van der Waals surface area (Å²) in [6, 6.07) is 30.3. The second kappa shape index (κ2) is 9.25. The first-order valence-electron chi connectivity index (χ1n) is 9.49. The van der Waals surface area contributed by atoms with E-state index in [-0.39, 0.29) is 5.91 Å². The number of nitrogens with zero attached hydrogens (tertiary/aromatic N) is 1. The molecule has 30 heavy (non-hydrogen) atoms. The van der Waals surface area contributed by atoms with Crippen LogP contribution >= 0.6 is 11.6 Å². The largest absolute Gasteiger partial charge is 0.455 e. The highest BCUT2D eigenvalue weighted by Gasteiger charge is 2.22. The number of hydrogen-bond donors (Lipinski definition) is 1. The molecule has 0 aliphatic carbocycles. The molecule has 0 atom stereocenters. The number of halogens is 1. The molecule has 1 aromatic heterocycles. The number of rotatable bonds is 6. The van der Waals surface area contributed by atoms with Gasteiger partial charge in [-0.2, -0.15) is 5.10 Å². The summed E-state index contributed by atoms with van der Waals surface area (Å²) in [5.74, 6) is 0.570. The molecule has 0 aliphatic heterocycles. The molecule has 0 radical (unpaired) electrons. The van der Waals surface area contributed by atoms with Crippen LogP contribution in [0.4, 0.5) is 0 Å². The first-order chi connectivity index (χ1) is 14.7. The second-order valence-corrected chi connectivity index (χ2v) is 7.13. The Kier molecular flexibility index (Phi) is 6.06. The molecule has 4 nitrogen and oxygen atoms in total. The minimum atomic E-state index is -0.453. The lowest BCUT2D eigenvalue weighted by Crippen LogP contribution is -2.26. The normalized spacial score (nSPS) is 11.1. The lowest BCUT2D eigenvalue weighted by Gasteiger charge is -2.16. The molecule has 0 spiro atoms. The van der Waals surface area contributed by atoms with Gasteiger partial charge in [0.05, 0.1) is 12.1 Å². The van der Waals surface area contributed by atoms with Crippen molar-refractivity contribution in [1.29, 1.82) is 0 Å². The Hall–Kier alpha value is -3.63. The first-order valence-corrected chi connectivity index (χ1v) is 9.87. The third-order valence-electron chi connectivity index (χ3n) is 4.65. The Bertz CT molecular complexity index is 1100. The average molecular weight is 415 g/mol. The zero-order chi connectivity index (χ0) is 20.8. The summed E-state index contributed by atoms with van der Waals surface area (Å²) < 4.78 is 5.78. The van der Waals surface area contributed by atoms with E-state index in [1.165, 1.54) is 6.21 Å². The number of nitrogens with one attached hydrogen (secondary N) is 1. The Labute approximate surface area is 179 Å². The van der Waals surface area contributed by atoms with Crippen molar-refractivity contribution < 1.29 is 9.21 Å². The van der Waals surface area contributed by atoms with Crippen molar-refractivity contribution in [2.24, 2.45) is 5.10 Å². The Balaban J connectivity index is 1.48. The monoisotopic (exact) mass is 414 g/mol. The highest BCUT2D eigenvalue weighted by Crippen LogP contribution is 2.25. The summed E-state index contributed by atoms with van der Waals surface area (Å²) in [7, 11) is 0. The van der Waals surface area contributed by atoms with Gasteiger partial charge in [0.2, 0.25) is 0 Å². The van der Waals surface area contributed by atoms with Crippen LogP contribution in [0, 0.1) is 0 Å². The molecule has 0 saturated carbocycles. The summed E-state index contributed by atoms with van der Waals surface area (Å²) in [4.78, 5) is 12.9. The van der Waals surface area contributed by atoms with Crippen LogP contribution in [0.5, 0.6) is 0 Å². The van der Waals surface area contributed by atoms with E-state index in [1.807, 2.05) is 78.9 Å². The molecule has 0 aliphatic rings. The van der Waals surface area contributed by atoms with Crippen LogP contribution in [0.2, 0.25) is 5.02 Å². The number of hydrogen-bond acceptors (Lipinski definition) is 3. The van der Waals surface area contributed by atoms with E-state index in [4.69, 9.17) is 16.0 Å². The van der Waals surface area contributed by atoms with Crippen LogP contribution in [0.15, 0.2) is 107 Å². The predicted molar refractivity (Wildman–Crippen MR) is 120 cm³/mol. The van der Waals surface area contributed by atoms with Crippen molar-refractivity contribution in [2.45, 2.75) is 5.92 Å². The van der Waals surface area contributed by atoms with Crippen LogP contribution in [-0.2, 0) is 4.79 Å². The maximum Gasteiger partial charge on any atom is 0.252 e. The molecule has 0 bridgehead atoms. The smallest absolute Gasteiger partial charge is 0.252 e. The third-order valence-corrected chi connectivity index (χ3v) is 4.90.